The molecule has 4 rings (SSSR count). The summed E-state index contributed by atoms with van der Waals surface area (Å²) in [6, 6.07) is 23.2. The van der Waals surface area contributed by atoms with Crippen LogP contribution in [0.25, 0.3) is 11.0 Å². The molecule has 4 nitrogen and oxygen atoms in total. The molecule has 4 aromatic rings. The van der Waals surface area contributed by atoms with E-state index in [0.29, 0.717) is 17.1 Å². The van der Waals surface area contributed by atoms with E-state index in [1.807, 2.05) is 18.2 Å². The highest BCUT2D eigenvalue weighted by atomic mass is 35.5. The summed E-state index contributed by atoms with van der Waals surface area (Å²) in [6.07, 6.45) is 3.84. The molecular weight excluding hydrogens is 441 g/mol. The molecule has 1 aromatic heterocycles. The second kappa shape index (κ2) is 10.7. The van der Waals surface area contributed by atoms with Gasteiger partial charge in [-0.2, -0.15) is 0 Å². The van der Waals surface area contributed by atoms with Crippen LogP contribution in [-0.2, 0) is 13.0 Å². The van der Waals surface area contributed by atoms with E-state index < -0.39 is 0 Å². The predicted molar refractivity (Wildman–Crippen MR) is 132 cm³/mol. The van der Waals surface area contributed by atoms with Crippen molar-refractivity contribution in [3.8, 4) is 0 Å². The zero-order chi connectivity index (χ0) is 22.3. The molecule has 0 aliphatic heterocycles. The molecule has 1 amide bonds. The molecule has 0 aliphatic carbocycles. The second-order valence-corrected chi connectivity index (χ2v) is 8.68. The van der Waals surface area contributed by atoms with Crippen LogP contribution >= 0.6 is 23.2 Å². The molecule has 0 saturated carbocycles. The number of rotatable bonds is 9. The SMILES string of the molecule is O=C(NCCCCCc1nc2ccccc2n1Cc1ccc(Cl)cc1)c1cccc(Cl)c1. The maximum absolute atomic E-state index is 12.2. The van der Waals surface area contributed by atoms with Gasteiger partial charge in [-0.05, 0) is 60.9 Å². The first-order valence-electron chi connectivity index (χ1n) is 10.8. The van der Waals surface area contributed by atoms with Crippen molar-refractivity contribution in [2.24, 2.45) is 0 Å². The maximum atomic E-state index is 12.2. The highest BCUT2D eigenvalue weighted by Gasteiger charge is 2.11. The number of hydrogen-bond donors (Lipinski definition) is 1. The summed E-state index contributed by atoms with van der Waals surface area (Å²) < 4.78 is 2.29. The Labute approximate surface area is 198 Å². The molecule has 164 valence electrons. The monoisotopic (exact) mass is 465 g/mol. The minimum absolute atomic E-state index is 0.0859. The first-order valence-corrected chi connectivity index (χ1v) is 11.6. The number of carbonyl (C=O) groups excluding carboxylic acids is 1. The van der Waals surface area contributed by atoms with Crippen LogP contribution in [0.5, 0.6) is 0 Å². The van der Waals surface area contributed by atoms with E-state index in [-0.39, 0.29) is 5.91 Å². The van der Waals surface area contributed by atoms with E-state index in [4.69, 9.17) is 28.2 Å². The highest BCUT2D eigenvalue weighted by Crippen LogP contribution is 2.20. The number of nitrogens with one attached hydrogen (secondary N) is 1. The van der Waals surface area contributed by atoms with Gasteiger partial charge in [-0.3, -0.25) is 4.79 Å². The van der Waals surface area contributed by atoms with Crippen molar-refractivity contribution in [1.82, 2.24) is 14.9 Å². The van der Waals surface area contributed by atoms with Gasteiger partial charge in [0.25, 0.3) is 5.91 Å². The van der Waals surface area contributed by atoms with Gasteiger partial charge in [0.2, 0.25) is 0 Å². The van der Waals surface area contributed by atoms with Crippen molar-refractivity contribution in [2.45, 2.75) is 32.2 Å². The van der Waals surface area contributed by atoms with E-state index in [1.165, 1.54) is 5.56 Å². The average molecular weight is 466 g/mol. The van der Waals surface area contributed by atoms with Crippen molar-refractivity contribution in [3.63, 3.8) is 0 Å². The Balaban J connectivity index is 1.32. The van der Waals surface area contributed by atoms with E-state index in [9.17, 15) is 4.79 Å². The first-order chi connectivity index (χ1) is 15.6. The topological polar surface area (TPSA) is 46.9 Å². The number of amides is 1. The third-order valence-corrected chi connectivity index (χ3v) is 5.92. The molecular formula is C26H25Cl2N3O. The molecule has 1 N–H and O–H groups in total. The second-order valence-electron chi connectivity index (χ2n) is 7.81. The van der Waals surface area contributed by atoms with Gasteiger partial charge in [0.15, 0.2) is 0 Å². The summed E-state index contributed by atoms with van der Waals surface area (Å²) in [6.45, 7) is 1.41. The molecule has 0 spiro atoms. The number of hydrogen-bond acceptors (Lipinski definition) is 2. The Morgan fingerprint density at radius 3 is 2.50 bits per heavy atom. The molecule has 0 fully saturated rings. The average Bonchev–Trinajstić information content (AvgIpc) is 3.14. The molecule has 6 heteroatoms. The quantitative estimate of drug-likeness (QED) is 0.285. The Bertz CT molecular complexity index is 1200. The van der Waals surface area contributed by atoms with Gasteiger partial charge < -0.3 is 9.88 Å². The van der Waals surface area contributed by atoms with Gasteiger partial charge in [0, 0.05) is 35.1 Å². The number of nitrogens with zero attached hydrogens (tertiary/aromatic N) is 2. The van der Waals surface area contributed by atoms with Crippen LogP contribution in [0.1, 0.15) is 41.0 Å². The highest BCUT2D eigenvalue weighted by molar-refractivity contribution is 6.31. The molecule has 32 heavy (non-hydrogen) atoms. The number of unbranched alkanes of at least 4 members (excludes halogenated alkanes) is 2. The van der Waals surface area contributed by atoms with Crippen LogP contribution in [0.2, 0.25) is 10.0 Å². The van der Waals surface area contributed by atoms with E-state index in [2.05, 4.69) is 40.2 Å². The molecule has 0 saturated heterocycles. The predicted octanol–water partition coefficient (Wildman–Crippen LogP) is 6.53. The number of fused-ring (bicyclic) bond motifs is 1. The summed E-state index contributed by atoms with van der Waals surface area (Å²) in [4.78, 5) is 17.1. The van der Waals surface area contributed by atoms with Gasteiger partial charge in [-0.15, -0.1) is 0 Å². The van der Waals surface area contributed by atoms with Crippen molar-refractivity contribution in [1.29, 1.82) is 0 Å². The van der Waals surface area contributed by atoms with Crippen LogP contribution in [0, 0.1) is 0 Å². The fourth-order valence-electron chi connectivity index (χ4n) is 3.78. The summed E-state index contributed by atoms with van der Waals surface area (Å²) >= 11 is 12.0. The third kappa shape index (κ3) is 5.70. The first kappa shape index (κ1) is 22.4. The number of imidazole rings is 1. The Morgan fingerprint density at radius 1 is 0.875 bits per heavy atom. The maximum Gasteiger partial charge on any atom is 0.251 e. The number of aryl methyl sites for hydroxylation is 1. The lowest BCUT2D eigenvalue weighted by atomic mass is 10.1. The number of aromatic nitrogens is 2. The zero-order valence-corrected chi connectivity index (χ0v) is 19.2. The van der Waals surface area contributed by atoms with Crippen LogP contribution in [0.15, 0.2) is 72.8 Å². The Hall–Kier alpha value is -2.82. The largest absolute Gasteiger partial charge is 0.352 e. The van der Waals surface area contributed by atoms with Gasteiger partial charge in [0.05, 0.1) is 11.0 Å². The van der Waals surface area contributed by atoms with Crippen molar-refractivity contribution in [3.05, 3.63) is 99.8 Å². The molecule has 0 bridgehead atoms. The lowest BCUT2D eigenvalue weighted by Crippen LogP contribution is -2.24. The van der Waals surface area contributed by atoms with Gasteiger partial charge in [-0.1, -0.05) is 60.0 Å². The Kier molecular flexibility index (Phi) is 7.46. The van der Waals surface area contributed by atoms with E-state index >= 15 is 0 Å². The standard InChI is InChI=1S/C26H25Cl2N3O/c27-21-14-12-19(13-15-21)18-31-24-10-4-3-9-23(24)30-25(31)11-2-1-5-16-29-26(32)20-7-6-8-22(28)17-20/h3-4,6-10,12-15,17H,1-2,5,11,16,18H2,(H,29,32). The lowest BCUT2D eigenvalue weighted by Gasteiger charge is -2.10. The summed E-state index contributed by atoms with van der Waals surface area (Å²) in [5.74, 6) is 1.00. The van der Waals surface area contributed by atoms with E-state index in [0.717, 1.165) is 54.1 Å². The van der Waals surface area contributed by atoms with Gasteiger partial charge >= 0.3 is 0 Å². The zero-order valence-electron chi connectivity index (χ0n) is 17.7. The minimum Gasteiger partial charge on any atom is -0.352 e. The number of carbonyl (C=O) groups is 1. The molecule has 3 aromatic carbocycles. The number of para-hydroxylation sites is 2. The Morgan fingerprint density at radius 2 is 1.69 bits per heavy atom. The molecule has 0 unspecified atom stereocenters. The van der Waals surface area contributed by atoms with Crippen LogP contribution in [-0.4, -0.2) is 22.0 Å². The number of halogens is 2. The van der Waals surface area contributed by atoms with Gasteiger partial charge in [0.1, 0.15) is 5.82 Å². The van der Waals surface area contributed by atoms with E-state index in [1.54, 1.807) is 24.3 Å². The molecule has 0 aliphatic rings. The molecule has 1 heterocycles. The van der Waals surface area contributed by atoms with Crippen LogP contribution in [0.3, 0.4) is 0 Å². The molecule has 0 radical (unpaired) electrons. The van der Waals surface area contributed by atoms with Crippen molar-refractivity contribution in [2.75, 3.05) is 6.54 Å². The van der Waals surface area contributed by atoms with Gasteiger partial charge in [-0.25, -0.2) is 4.98 Å². The lowest BCUT2D eigenvalue weighted by molar-refractivity contribution is 0.0953. The summed E-state index contributed by atoms with van der Waals surface area (Å²) in [7, 11) is 0. The summed E-state index contributed by atoms with van der Waals surface area (Å²) in [5, 5.41) is 4.28. The fourth-order valence-corrected chi connectivity index (χ4v) is 4.10. The van der Waals surface area contributed by atoms with Crippen molar-refractivity contribution >= 4 is 40.1 Å². The summed E-state index contributed by atoms with van der Waals surface area (Å²) in [5.41, 5.74) is 3.95. The normalized spacial score (nSPS) is 11.1. The number of benzene rings is 3. The van der Waals surface area contributed by atoms with Crippen molar-refractivity contribution < 1.29 is 4.79 Å². The smallest absolute Gasteiger partial charge is 0.251 e. The minimum atomic E-state index is -0.0859. The molecule has 0 atom stereocenters. The van der Waals surface area contributed by atoms with Crippen LogP contribution < -0.4 is 5.32 Å². The fraction of sp³-hybridized carbons (Fsp3) is 0.231. The van der Waals surface area contributed by atoms with Crippen LogP contribution in [0.4, 0.5) is 0 Å². The third-order valence-electron chi connectivity index (χ3n) is 5.44.